The first-order valence-electron chi connectivity index (χ1n) is 10.6. The van der Waals surface area contributed by atoms with Gasteiger partial charge in [-0.3, -0.25) is 0 Å². The Kier molecular flexibility index (Phi) is 6.59. The van der Waals surface area contributed by atoms with Crippen LogP contribution in [0.2, 0.25) is 0 Å². The predicted octanol–water partition coefficient (Wildman–Crippen LogP) is 1.92. The molecule has 3 heterocycles. The second kappa shape index (κ2) is 9.44. The number of carbonyl (C=O) groups excluding carboxylic acids is 2. The van der Waals surface area contributed by atoms with Gasteiger partial charge in [-0.05, 0) is 25.0 Å². The van der Waals surface area contributed by atoms with Gasteiger partial charge in [0.05, 0.1) is 12.2 Å². The predicted molar refractivity (Wildman–Crippen MR) is 109 cm³/mol. The van der Waals surface area contributed by atoms with Crippen molar-refractivity contribution in [1.82, 2.24) is 31.5 Å². The van der Waals surface area contributed by atoms with Gasteiger partial charge in [-0.25, -0.2) is 14.0 Å². The quantitative estimate of drug-likeness (QED) is 0.470. The minimum atomic E-state index is -4.92. The number of hydrazine groups is 2. The van der Waals surface area contributed by atoms with Crippen LogP contribution < -0.4 is 26.4 Å². The van der Waals surface area contributed by atoms with Gasteiger partial charge in [-0.15, -0.1) is 13.2 Å². The summed E-state index contributed by atoms with van der Waals surface area (Å²) in [6.07, 6.45) is -2.45. The molecule has 1 spiro atoms. The normalized spacial score (nSPS) is 19.0. The molecule has 3 amide bonds. The number of piperidine rings is 1. The molecule has 10 nitrogen and oxygen atoms in total. The largest absolute Gasteiger partial charge is 0.573 e. The van der Waals surface area contributed by atoms with Crippen LogP contribution in [0.5, 0.6) is 5.75 Å². The Balaban J connectivity index is 1.18. The van der Waals surface area contributed by atoms with Crippen molar-refractivity contribution >= 4 is 12.1 Å². The summed E-state index contributed by atoms with van der Waals surface area (Å²) in [7, 11) is 0. The average molecular weight is 488 g/mol. The van der Waals surface area contributed by atoms with Crippen LogP contribution in [-0.2, 0) is 11.3 Å². The van der Waals surface area contributed by atoms with E-state index in [-0.39, 0.29) is 17.0 Å². The van der Waals surface area contributed by atoms with Gasteiger partial charge >= 0.3 is 18.5 Å². The molecule has 0 radical (unpaired) electrons. The smallest absolute Gasteiger partial charge is 0.444 e. The Hall–Kier alpha value is -3.42. The van der Waals surface area contributed by atoms with Crippen molar-refractivity contribution in [3.63, 3.8) is 0 Å². The topological polar surface area (TPSA) is 107 Å². The van der Waals surface area contributed by atoms with E-state index in [2.05, 4.69) is 26.4 Å². The molecule has 0 bridgehead atoms. The van der Waals surface area contributed by atoms with E-state index >= 15 is 0 Å². The lowest BCUT2D eigenvalue weighted by Crippen LogP contribution is -2.64. The van der Waals surface area contributed by atoms with Gasteiger partial charge in [0.15, 0.2) is 0 Å². The second-order valence-electron chi connectivity index (χ2n) is 8.42. The lowest BCUT2D eigenvalue weighted by Gasteiger charge is -2.53. The summed E-state index contributed by atoms with van der Waals surface area (Å²) in [5.74, 6) is -1.65. The number of nitrogens with one attached hydrogen (secondary N) is 4. The summed E-state index contributed by atoms with van der Waals surface area (Å²) >= 11 is 0. The monoisotopic (exact) mass is 488 g/mol. The highest BCUT2D eigenvalue weighted by Gasteiger charge is 2.47. The highest BCUT2D eigenvalue weighted by atomic mass is 19.4. The van der Waals surface area contributed by atoms with E-state index in [1.54, 1.807) is 11.1 Å². The van der Waals surface area contributed by atoms with Gasteiger partial charge in [0.25, 0.3) is 0 Å². The van der Waals surface area contributed by atoms with Gasteiger partial charge in [-0.2, -0.15) is 5.53 Å². The second-order valence-corrected chi connectivity index (χ2v) is 8.42. The molecule has 3 aliphatic heterocycles. The Morgan fingerprint density at radius 2 is 1.88 bits per heavy atom. The minimum absolute atomic E-state index is 0.0392. The van der Waals surface area contributed by atoms with Crippen molar-refractivity contribution in [2.24, 2.45) is 5.41 Å². The van der Waals surface area contributed by atoms with Gasteiger partial charge in [0.1, 0.15) is 18.2 Å². The van der Waals surface area contributed by atoms with Crippen LogP contribution in [-0.4, -0.2) is 61.0 Å². The molecule has 3 aliphatic rings. The number of likely N-dealkylation sites (tertiary alicyclic amines) is 2. The maximum atomic E-state index is 14.0. The van der Waals surface area contributed by atoms with Crippen molar-refractivity contribution in [3.05, 3.63) is 41.5 Å². The van der Waals surface area contributed by atoms with Crippen LogP contribution in [0.4, 0.5) is 27.2 Å². The fourth-order valence-electron chi connectivity index (χ4n) is 4.11. The van der Waals surface area contributed by atoms with Gasteiger partial charge < -0.3 is 35.4 Å². The van der Waals surface area contributed by atoms with Crippen molar-refractivity contribution in [2.75, 3.05) is 32.7 Å². The van der Waals surface area contributed by atoms with Crippen LogP contribution in [0.1, 0.15) is 18.4 Å². The first-order chi connectivity index (χ1) is 16.1. The SMILES string of the molecule is O=C(NCC1=CNNN1)N1CC2(CCN(C(=O)OCc3ccc(OC(F)(F)F)cc3F)CC2)C1. The summed E-state index contributed by atoms with van der Waals surface area (Å²) in [5, 5.41) is 2.82. The highest BCUT2D eigenvalue weighted by molar-refractivity contribution is 5.75. The summed E-state index contributed by atoms with van der Waals surface area (Å²) in [5.41, 5.74) is 8.98. The van der Waals surface area contributed by atoms with E-state index in [1.807, 2.05) is 0 Å². The van der Waals surface area contributed by atoms with E-state index in [0.717, 1.165) is 17.8 Å². The Morgan fingerprint density at radius 1 is 1.15 bits per heavy atom. The number of amides is 3. The zero-order valence-corrected chi connectivity index (χ0v) is 18.0. The Morgan fingerprint density at radius 3 is 2.50 bits per heavy atom. The number of alkyl halides is 3. The fraction of sp³-hybridized carbons (Fsp3) is 0.500. The molecule has 2 saturated heterocycles. The van der Waals surface area contributed by atoms with Crippen molar-refractivity contribution in [1.29, 1.82) is 0 Å². The number of nitrogens with zero attached hydrogens (tertiary/aromatic N) is 2. The standard InChI is InChI=1S/C20H24F4N6O4/c21-16-7-15(34-20(22,23)24)2-1-13(16)10-33-18(32)29-5-3-19(4-6-29)11-30(12-19)17(31)25-8-14-9-26-28-27-14/h1-2,7,9,26-28H,3-6,8,10-12H2,(H,25,31). The van der Waals surface area contributed by atoms with Crippen LogP contribution in [0, 0.1) is 11.2 Å². The maximum Gasteiger partial charge on any atom is 0.573 e. The van der Waals surface area contributed by atoms with E-state index in [4.69, 9.17) is 4.74 Å². The molecule has 0 atom stereocenters. The molecule has 186 valence electrons. The third-order valence-electron chi connectivity index (χ3n) is 6.00. The van der Waals surface area contributed by atoms with Crippen LogP contribution >= 0.6 is 0 Å². The Labute approximate surface area is 192 Å². The molecule has 0 saturated carbocycles. The number of benzene rings is 1. The molecular weight excluding hydrogens is 464 g/mol. The van der Waals surface area contributed by atoms with Crippen molar-refractivity contribution in [3.8, 4) is 5.75 Å². The van der Waals surface area contributed by atoms with Crippen LogP contribution in [0.3, 0.4) is 0 Å². The van der Waals surface area contributed by atoms with Gasteiger partial charge in [-0.1, -0.05) is 0 Å². The third kappa shape index (κ3) is 5.73. The molecule has 0 aliphatic carbocycles. The number of rotatable bonds is 5. The molecule has 4 N–H and O–H groups in total. The summed E-state index contributed by atoms with van der Waals surface area (Å²) < 4.78 is 59.5. The first-order valence-corrected chi connectivity index (χ1v) is 10.6. The van der Waals surface area contributed by atoms with Crippen molar-refractivity contribution in [2.45, 2.75) is 25.8 Å². The number of ether oxygens (including phenoxy) is 2. The molecule has 0 aromatic heterocycles. The van der Waals surface area contributed by atoms with Gasteiger partial charge in [0, 0.05) is 49.4 Å². The molecule has 2 fully saturated rings. The number of urea groups is 1. The highest BCUT2D eigenvalue weighted by Crippen LogP contribution is 2.40. The zero-order chi connectivity index (χ0) is 24.3. The van der Waals surface area contributed by atoms with E-state index in [1.165, 1.54) is 4.90 Å². The van der Waals surface area contributed by atoms with E-state index < -0.39 is 30.6 Å². The Bertz CT molecular complexity index is 957. The molecule has 34 heavy (non-hydrogen) atoms. The van der Waals surface area contributed by atoms with Crippen LogP contribution in [0.15, 0.2) is 30.1 Å². The number of carbonyl (C=O) groups is 2. The molecule has 14 heteroatoms. The third-order valence-corrected chi connectivity index (χ3v) is 6.00. The van der Waals surface area contributed by atoms with Crippen molar-refractivity contribution < 1.29 is 36.6 Å². The summed E-state index contributed by atoms with van der Waals surface area (Å²) in [4.78, 5) is 27.8. The number of hydrogen-bond acceptors (Lipinski definition) is 7. The number of halogens is 4. The minimum Gasteiger partial charge on any atom is -0.444 e. The van der Waals surface area contributed by atoms with E-state index in [9.17, 15) is 27.2 Å². The zero-order valence-electron chi connectivity index (χ0n) is 18.0. The fourth-order valence-corrected chi connectivity index (χ4v) is 4.11. The lowest BCUT2D eigenvalue weighted by atomic mass is 9.72. The summed E-state index contributed by atoms with van der Waals surface area (Å²) in [6, 6.07) is 2.47. The van der Waals surface area contributed by atoms with E-state index in [0.29, 0.717) is 51.6 Å². The molecule has 4 rings (SSSR count). The van der Waals surface area contributed by atoms with Crippen LogP contribution in [0.25, 0.3) is 0 Å². The lowest BCUT2D eigenvalue weighted by molar-refractivity contribution is -0.274. The molecule has 0 unspecified atom stereocenters. The molecule has 1 aromatic carbocycles. The molecular formula is C20H24F4N6O4. The molecule has 1 aromatic rings. The maximum absolute atomic E-state index is 14.0. The average Bonchev–Trinajstić information content (AvgIpc) is 3.28. The summed E-state index contributed by atoms with van der Waals surface area (Å²) in [6.45, 7) is 2.01. The first kappa shape index (κ1) is 23.7. The van der Waals surface area contributed by atoms with Gasteiger partial charge in [0.2, 0.25) is 0 Å². The number of hydrogen-bond donors (Lipinski definition) is 4.